The van der Waals surface area contributed by atoms with Crippen molar-refractivity contribution in [1.82, 2.24) is 0 Å². The molecule has 4 aromatic rings. The summed E-state index contributed by atoms with van der Waals surface area (Å²) in [5.41, 5.74) is 11.1. The number of aldehydes is 2. The van der Waals surface area contributed by atoms with E-state index in [1.54, 1.807) is 22.9 Å². The first-order valence-corrected chi connectivity index (χ1v) is 16.5. The monoisotopic (exact) mass is 594 g/mol. The van der Waals surface area contributed by atoms with E-state index in [9.17, 15) is 9.59 Å². The lowest BCUT2D eigenvalue weighted by atomic mass is 9.73. The van der Waals surface area contributed by atoms with Crippen molar-refractivity contribution in [1.29, 1.82) is 0 Å². The molecule has 0 fully saturated rings. The predicted octanol–water partition coefficient (Wildman–Crippen LogP) is 9.49. The summed E-state index contributed by atoms with van der Waals surface area (Å²) in [6.07, 6.45) is 18.2. The average molecular weight is 595 g/mol. The van der Waals surface area contributed by atoms with Crippen LogP contribution in [0.2, 0.25) is 0 Å². The van der Waals surface area contributed by atoms with Gasteiger partial charge in [0.25, 0.3) is 0 Å². The Balaban J connectivity index is 0.000000272. The summed E-state index contributed by atoms with van der Waals surface area (Å²) in [6.45, 7) is 0. The maximum atomic E-state index is 11.9. The molecule has 2 aliphatic carbocycles. The standard InChI is InChI=1S/C32H34O2.C9H8N2/c33-22-32(23-34,26-13-4-1-5-14-26)21-8-2-3-10-24-12-9-16-29-28(24)19-20-30-27-15-7-6-11-25(27)17-18-31(29)30;1-2-5-9-8(4-1)10-6-3-7-11-9/h1,4-7,11,13-15,19-20,22-24H,2-3,8-10,12,16-18,21H2;1-7,10H. The normalized spacial score (nSPS) is 16.0. The molecule has 7 rings (SSSR count). The lowest BCUT2D eigenvalue weighted by Gasteiger charge is -2.31. The van der Waals surface area contributed by atoms with E-state index in [0.717, 1.165) is 55.2 Å². The van der Waals surface area contributed by atoms with Gasteiger partial charge in [0.1, 0.15) is 18.0 Å². The lowest BCUT2D eigenvalue weighted by molar-refractivity contribution is -0.121. The van der Waals surface area contributed by atoms with Gasteiger partial charge in [-0.05, 0) is 108 Å². The molecule has 4 nitrogen and oxygen atoms in total. The van der Waals surface area contributed by atoms with Crippen LogP contribution in [0.5, 0.6) is 0 Å². The topological polar surface area (TPSA) is 58.5 Å². The van der Waals surface area contributed by atoms with Gasteiger partial charge in [-0.25, -0.2) is 0 Å². The van der Waals surface area contributed by atoms with Gasteiger partial charge >= 0.3 is 0 Å². The summed E-state index contributed by atoms with van der Waals surface area (Å²) in [7, 11) is 0. The second-order valence-corrected chi connectivity index (χ2v) is 12.4. The zero-order valence-electron chi connectivity index (χ0n) is 26.0. The van der Waals surface area contributed by atoms with Crippen LogP contribution in [0.4, 0.5) is 11.4 Å². The predicted molar refractivity (Wildman–Crippen MR) is 186 cm³/mol. The van der Waals surface area contributed by atoms with Crippen molar-refractivity contribution in [2.24, 2.45) is 4.99 Å². The summed E-state index contributed by atoms with van der Waals surface area (Å²) >= 11 is 0. The Morgan fingerprint density at radius 1 is 0.756 bits per heavy atom. The van der Waals surface area contributed by atoms with Crippen LogP contribution in [0.1, 0.15) is 78.7 Å². The highest BCUT2D eigenvalue weighted by Gasteiger charge is 2.31. The molecule has 3 aliphatic rings. The van der Waals surface area contributed by atoms with E-state index in [1.807, 2.05) is 66.9 Å². The molecule has 1 atom stereocenters. The van der Waals surface area contributed by atoms with Crippen molar-refractivity contribution in [2.45, 2.75) is 75.5 Å². The number of nitrogens with one attached hydrogen (secondary N) is 1. The zero-order valence-corrected chi connectivity index (χ0v) is 26.0. The smallest absolute Gasteiger partial charge is 0.137 e. The largest absolute Gasteiger partial charge is 0.360 e. The molecule has 4 aromatic carbocycles. The van der Waals surface area contributed by atoms with Gasteiger partial charge in [0, 0.05) is 12.4 Å². The summed E-state index contributed by atoms with van der Waals surface area (Å²) in [6, 6.07) is 31.1. The summed E-state index contributed by atoms with van der Waals surface area (Å²) in [5.74, 6) is 0.641. The molecule has 0 saturated carbocycles. The third-order valence-corrected chi connectivity index (χ3v) is 9.75. The number of carbonyl (C=O) groups is 2. The van der Waals surface area contributed by atoms with Crippen LogP contribution in [0.15, 0.2) is 108 Å². The van der Waals surface area contributed by atoms with Gasteiger partial charge in [-0.15, -0.1) is 0 Å². The fourth-order valence-electron chi connectivity index (χ4n) is 7.34. The third kappa shape index (κ3) is 6.76. The molecule has 1 aliphatic heterocycles. The van der Waals surface area contributed by atoms with Crippen molar-refractivity contribution in [3.8, 4) is 11.1 Å². The number of carbonyl (C=O) groups excluding carboxylic acids is 2. The number of allylic oxidation sites excluding steroid dienone is 1. The number of benzene rings is 4. The first kappa shape index (κ1) is 30.5. The minimum absolute atomic E-state index is 0.595. The molecule has 1 heterocycles. The third-order valence-electron chi connectivity index (χ3n) is 9.75. The van der Waals surface area contributed by atoms with Gasteiger partial charge in [0.05, 0.1) is 11.4 Å². The van der Waals surface area contributed by atoms with Gasteiger partial charge in [-0.2, -0.15) is 0 Å². The van der Waals surface area contributed by atoms with Gasteiger partial charge in [0.2, 0.25) is 0 Å². The van der Waals surface area contributed by atoms with Crippen LogP contribution in [0.3, 0.4) is 0 Å². The van der Waals surface area contributed by atoms with Crippen molar-refractivity contribution < 1.29 is 9.59 Å². The van der Waals surface area contributed by atoms with Crippen LogP contribution in [-0.4, -0.2) is 18.8 Å². The number of hydrogen-bond donors (Lipinski definition) is 1. The molecule has 0 aromatic heterocycles. The summed E-state index contributed by atoms with van der Waals surface area (Å²) in [5, 5.41) is 3.12. The fraction of sp³-hybridized carbons (Fsp3) is 0.293. The summed E-state index contributed by atoms with van der Waals surface area (Å²) in [4.78, 5) is 28.0. The second kappa shape index (κ2) is 14.5. The Morgan fingerprint density at radius 3 is 2.42 bits per heavy atom. The molecule has 228 valence electrons. The van der Waals surface area contributed by atoms with Crippen molar-refractivity contribution in [3.63, 3.8) is 0 Å². The van der Waals surface area contributed by atoms with Crippen LogP contribution < -0.4 is 5.32 Å². The fourth-order valence-corrected chi connectivity index (χ4v) is 7.34. The van der Waals surface area contributed by atoms with Crippen LogP contribution >= 0.6 is 0 Å². The number of aliphatic imine (C=N–C) groups is 1. The highest BCUT2D eigenvalue weighted by molar-refractivity contribution is 5.91. The van der Waals surface area contributed by atoms with Gasteiger partial charge < -0.3 is 14.9 Å². The quantitative estimate of drug-likeness (QED) is 0.119. The minimum Gasteiger partial charge on any atom is -0.360 e. The van der Waals surface area contributed by atoms with Gasteiger partial charge in [0.15, 0.2) is 0 Å². The first-order chi connectivity index (χ1) is 22.2. The molecular weight excluding hydrogens is 552 g/mol. The van der Waals surface area contributed by atoms with E-state index in [4.69, 9.17) is 0 Å². The zero-order chi connectivity index (χ0) is 30.9. The van der Waals surface area contributed by atoms with E-state index >= 15 is 0 Å². The molecule has 0 spiro atoms. The Kier molecular flexibility index (Phi) is 9.80. The Hall–Kier alpha value is -4.57. The number of fused-ring (bicyclic) bond motifs is 6. The van der Waals surface area contributed by atoms with Crippen molar-refractivity contribution in [2.75, 3.05) is 5.32 Å². The molecule has 0 bridgehead atoms. The van der Waals surface area contributed by atoms with Crippen LogP contribution in [0, 0.1) is 0 Å². The van der Waals surface area contributed by atoms with E-state index in [0.29, 0.717) is 12.3 Å². The van der Waals surface area contributed by atoms with E-state index in [2.05, 4.69) is 46.7 Å². The number of nitrogens with zero attached hydrogens (tertiary/aromatic N) is 1. The van der Waals surface area contributed by atoms with Crippen molar-refractivity contribution >= 4 is 30.2 Å². The summed E-state index contributed by atoms with van der Waals surface area (Å²) < 4.78 is 0. The van der Waals surface area contributed by atoms with Gasteiger partial charge in [-0.3, -0.25) is 4.99 Å². The van der Waals surface area contributed by atoms with Crippen molar-refractivity contribution in [3.05, 3.63) is 131 Å². The number of rotatable bonds is 9. The second-order valence-electron chi connectivity index (χ2n) is 12.4. The van der Waals surface area contributed by atoms with Crippen LogP contribution in [0.25, 0.3) is 11.1 Å². The number of aryl methyl sites for hydroxylation is 1. The highest BCUT2D eigenvalue weighted by atomic mass is 16.1. The number of unbranched alkanes of at least 4 members (excludes halogenated alkanes) is 2. The molecule has 45 heavy (non-hydrogen) atoms. The Labute approximate surface area is 267 Å². The molecule has 4 heteroatoms. The maximum Gasteiger partial charge on any atom is 0.137 e. The minimum atomic E-state index is -0.992. The van der Waals surface area contributed by atoms with E-state index in [1.165, 1.54) is 48.8 Å². The molecule has 1 unspecified atom stereocenters. The number of hydrogen-bond acceptors (Lipinski definition) is 4. The lowest BCUT2D eigenvalue weighted by Crippen LogP contribution is -2.29. The Bertz CT molecular complexity index is 1680. The molecule has 0 amide bonds. The van der Waals surface area contributed by atoms with E-state index < -0.39 is 5.41 Å². The molecule has 0 saturated heterocycles. The average Bonchev–Trinajstić information content (AvgIpc) is 3.36. The van der Waals surface area contributed by atoms with Crippen LogP contribution in [-0.2, 0) is 34.3 Å². The highest BCUT2D eigenvalue weighted by Crippen LogP contribution is 2.43. The molecular formula is C41H42N2O2. The number of para-hydroxylation sites is 2. The Morgan fingerprint density at radius 2 is 1.56 bits per heavy atom. The van der Waals surface area contributed by atoms with E-state index in [-0.39, 0.29) is 0 Å². The SMILES string of the molecule is C1=CNc2ccccc2N=C1.O=CC(C=O)(CCCCCC1CCCc2c1ccc1c2CCc2ccccc2-1)c1ccccc1. The first-order valence-electron chi connectivity index (χ1n) is 16.5. The number of anilines is 1. The maximum absolute atomic E-state index is 11.9. The molecule has 0 radical (unpaired) electrons. The van der Waals surface area contributed by atoms with Gasteiger partial charge in [-0.1, -0.05) is 98.1 Å². The molecule has 1 N–H and O–H groups in total.